The fraction of sp³-hybridized carbons (Fsp3) is 0.455. The Morgan fingerprint density at radius 2 is 1.68 bits per heavy atom. The number of dihydropyridines is 1. The van der Waals surface area contributed by atoms with Crippen LogP contribution >= 0.6 is 0 Å². The normalized spacial score (nSPS) is 16.3. The van der Waals surface area contributed by atoms with Crippen molar-refractivity contribution in [1.82, 2.24) is 5.32 Å². The molecule has 1 aliphatic heterocycles. The Labute approximate surface area is 180 Å². The maximum absolute atomic E-state index is 13.0. The first-order chi connectivity index (χ1) is 14.8. The molecular formula is C22H27F2NO6. The van der Waals surface area contributed by atoms with Crippen molar-refractivity contribution in [3.63, 3.8) is 0 Å². The van der Waals surface area contributed by atoms with Gasteiger partial charge in [-0.3, -0.25) is 0 Å². The third kappa shape index (κ3) is 6.04. The molecule has 0 radical (unpaired) electrons. The SMILES string of the molecule is CCCOCCOC(=O)C1=C(C)NC(C)=C(C(=O)OC)[C@H]1c1ccccc1OC(F)F. The zero-order chi connectivity index (χ0) is 23.0. The zero-order valence-electron chi connectivity index (χ0n) is 18.0. The molecule has 0 spiro atoms. The molecule has 170 valence electrons. The Hall–Kier alpha value is -2.94. The number of para-hydroxylation sites is 1. The van der Waals surface area contributed by atoms with Gasteiger partial charge in [0.15, 0.2) is 0 Å². The molecule has 1 N–H and O–H groups in total. The lowest BCUT2D eigenvalue weighted by atomic mass is 9.80. The number of methoxy groups -OCH3 is 1. The van der Waals surface area contributed by atoms with Gasteiger partial charge in [0.1, 0.15) is 12.4 Å². The van der Waals surface area contributed by atoms with Gasteiger partial charge in [-0.25, -0.2) is 9.59 Å². The second kappa shape index (κ2) is 11.5. The number of carbonyl (C=O) groups is 2. The summed E-state index contributed by atoms with van der Waals surface area (Å²) in [5.41, 5.74) is 1.29. The minimum absolute atomic E-state index is 0.00771. The van der Waals surface area contributed by atoms with Gasteiger partial charge in [0.05, 0.1) is 30.8 Å². The highest BCUT2D eigenvalue weighted by Gasteiger charge is 2.39. The number of halogens is 2. The molecule has 0 aromatic heterocycles. The number of carbonyl (C=O) groups excluding carboxylic acids is 2. The van der Waals surface area contributed by atoms with E-state index in [1.807, 2.05) is 6.92 Å². The van der Waals surface area contributed by atoms with Crippen LogP contribution in [0.1, 0.15) is 38.7 Å². The van der Waals surface area contributed by atoms with Gasteiger partial charge in [0.2, 0.25) is 0 Å². The first kappa shape index (κ1) is 24.3. The van der Waals surface area contributed by atoms with Crippen molar-refractivity contribution in [2.45, 2.75) is 39.7 Å². The summed E-state index contributed by atoms with van der Waals surface area (Å²) in [5, 5.41) is 2.98. The Morgan fingerprint density at radius 3 is 2.29 bits per heavy atom. The average Bonchev–Trinajstić information content (AvgIpc) is 2.72. The van der Waals surface area contributed by atoms with Gasteiger partial charge in [0.25, 0.3) is 0 Å². The number of hydrogen-bond donors (Lipinski definition) is 1. The molecule has 0 unspecified atom stereocenters. The van der Waals surface area contributed by atoms with Crippen molar-refractivity contribution < 1.29 is 37.3 Å². The molecule has 2 rings (SSSR count). The van der Waals surface area contributed by atoms with Gasteiger partial charge in [-0.1, -0.05) is 25.1 Å². The molecule has 1 heterocycles. The molecule has 1 aliphatic rings. The maximum atomic E-state index is 13.0. The van der Waals surface area contributed by atoms with Crippen LogP contribution in [0.5, 0.6) is 5.75 Å². The van der Waals surface area contributed by atoms with Crippen LogP contribution in [0.4, 0.5) is 8.78 Å². The lowest BCUT2D eigenvalue weighted by Gasteiger charge is -2.31. The molecule has 9 heteroatoms. The van der Waals surface area contributed by atoms with Crippen LogP contribution in [0, 0.1) is 0 Å². The topological polar surface area (TPSA) is 83.1 Å². The van der Waals surface area contributed by atoms with Crippen LogP contribution in [0.15, 0.2) is 46.8 Å². The number of allylic oxidation sites excluding steroid dienone is 2. The molecule has 31 heavy (non-hydrogen) atoms. The Morgan fingerprint density at radius 1 is 1.03 bits per heavy atom. The predicted molar refractivity (Wildman–Crippen MR) is 108 cm³/mol. The van der Waals surface area contributed by atoms with Crippen molar-refractivity contribution in [1.29, 1.82) is 0 Å². The summed E-state index contributed by atoms with van der Waals surface area (Å²) < 4.78 is 46.2. The zero-order valence-corrected chi connectivity index (χ0v) is 18.0. The fourth-order valence-electron chi connectivity index (χ4n) is 3.40. The lowest BCUT2D eigenvalue weighted by molar-refractivity contribution is -0.141. The van der Waals surface area contributed by atoms with E-state index in [2.05, 4.69) is 10.1 Å². The summed E-state index contributed by atoms with van der Waals surface area (Å²) in [6.45, 7) is 2.93. The van der Waals surface area contributed by atoms with Crippen LogP contribution < -0.4 is 10.1 Å². The monoisotopic (exact) mass is 439 g/mol. The largest absolute Gasteiger partial charge is 0.466 e. The summed E-state index contributed by atoms with van der Waals surface area (Å²) in [7, 11) is 1.20. The number of alkyl halides is 2. The summed E-state index contributed by atoms with van der Waals surface area (Å²) >= 11 is 0. The van der Waals surface area contributed by atoms with E-state index in [0.29, 0.717) is 18.0 Å². The predicted octanol–water partition coefficient (Wildman–Crippen LogP) is 3.67. The van der Waals surface area contributed by atoms with Crippen LogP contribution in [0.2, 0.25) is 0 Å². The van der Waals surface area contributed by atoms with Crippen LogP contribution in [0.3, 0.4) is 0 Å². The number of esters is 2. The van der Waals surface area contributed by atoms with Crippen molar-refractivity contribution in [2.75, 3.05) is 26.9 Å². The Kier molecular flexibility index (Phi) is 8.99. The van der Waals surface area contributed by atoms with Crippen LogP contribution in [0.25, 0.3) is 0 Å². The first-order valence-electron chi connectivity index (χ1n) is 9.87. The molecule has 0 saturated carbocycles. The molecule has 1 aromatic rings. The highest BCUT2D eigenvalue weighted by Crippen LogP contribution is 2.42. The number of nitrogens with one attached hydrogen (secondary N) is 1. The summed E-state index contributed by atoms with van der Waals surface area (Å²) in [6.07, 6.45) is 0.831. The van der Waals surface area contributed by atoms with Gasteiger partial charge in [-0.15, -0.1) is 0 Å². The van der Waals surface area contributed by atoms with E-state index >= 15 is 0 Å². The summed E-state index contributed by atoms with van der Waals surface area (Å²) in [5.74, 6) is -2.57. The first-order valence-corrected chi connectivity index (χ1v) is 9.87. The summed E-state index contributed by atoms with van der Waals surface area (Å²) in [6, 6.07) is 6.01. The van der Waals surface area contributed by atoms with Crippen LogP contribution in [-0.2, 0) is 23.8 Å². The van der Waals surface area contributed by atoms with E-state index in [4.69, 9.17) is 14.2 Å². The molecule has 7 nitrogen and oxygen atoms in total. The van der Waals surface area contributed by atoms with Gasteiger partial charge in [0, 0.05) is 23.6 Å². The second-order valence-electron chi connectivity index (χ2n) is 6.79. The highest BCUT2D eigenvalue weighted by molar-refractivity contribution is 6.00. The minimum atomic E-state index is -3.08. The maximum Gasteiger partial charge on any atom is 0.387 e. The molecule has 0 amide bonds. The summed E-state index contributed by atoms with van der Waals surface area (Å²) in [4.78, 5) is 25.6. The molecule has 0 fully saturated rings. The number of benzene rings is 1. The van der Waals surface area contributed by atoms with Crippen LogP contribution in [-0.4, -0.2) is 45.5 Å². The van der Waals surface area contributed by atoms with E-state index in [1.54, 1.807) is 19.9 Å². The minimum Gasteiger partial charge on any atom is -0.466 e. The quantitative estimate of drug-likeness (QED) is 0.440. The smallest absolute Gasteiger partial charge is 0.387 e. The molecular weight excluding hydrogens is 412 g/mol. The number of hydrogen-bond acceptors (Lipinski definition) is 7. The third-order valence-electron chi connectivity index (χ3n) is 4.64. The average molecular weight is 439 g/mol. The molecule has 0 saturated heterocycles. The van der Waals surface area contributed by atoms with E-state index in [9.17, 15) is 18.4 Å². The molecule has 0 bridgehead atoms. The highest BCUT2D eigenvalue weighted by atomic mass is 19.3. The fourth-order valence-corrected chi connectivity index (χ4v) is 3.40. The van der Waals surface area contributed by atoms with Crippen molar-refractivity contribution in [3.8, 4) is 5.75 Å². The van der Waals surface area contributed by atoms with Gasteiger partial charge < -0.3 is 24.3 Å². The Bertz CT molecular complexity index is 865. The standard InChI is InChI=1S/C22H27F2NO6/c1-5-10-29-11-12-30-21(27)18-14(3)25-13(2)17(20(26)28-4)19(18)15-8-6-7-9-16(15)31-22(23)24/h6-9,19,22,25H,5,10-12H2,1-4H3/t19-/m1/s1. The van der Waals surface area contributed by atoms with Crippen molar-refractivity contribution in [3.05, 3.63) is 52.4 Å². The van der Waals surface area contributed by atoms with E-state index < -0.39 is 24.5 Å². The van der Waals surface area contributed by atoms with Gasteiger partial charge in [-0.05, 0) is 26.3 Å². The van der Waals surface area contributed by atoms with E-state index in [1.165, 1.54) is 25.3 Å². The lowest BCUT2D eigenvalue weighted by Crippen LogP contribution is -2.32. The molecule has 1 atom stereocenters. The van der Waals surface area contributed by atoms with E-state index in [-0.39, 0.29) is 35.7 Å². The van der Waals surface area contributed by atoms with Gasteiger partial charge >= 0.3 is 18.6 Å². The van der Waals surface area contributed by atoms with E-state index in [0.717, 1.165) is 6.42 Å². The molecule has 1 aromatic carbocycles. The Balaban J connectivity index is 2.49. The number of ether oxygens (including phenoxy) is 4. The third-order valence-corrected chi connectivity index (χ3v) is 4.64. The van der Waals surface area contributed by atoms with Crippen molar-refractivity contribution in [2.24, 2.45) is 0 Å². The second-order valence-corrected chi connectivity index (χ2v) is 6.79. The van der Waals surface area contributed by atoms with Gasteiger partial charge in [-0.2, -0.15) is 8.78 Å². The number of rotatable bonds is 10. The van der Waals surface area contributed by atoms with Crippen molar-refractivity contribution >= 4 is 11.9 Å². The molecule has 0 aliphatic carbocycles.